The first-order valence-electron chi connectivity index (χ1n) is 6.45. The van der Waals surface area contributed by atoms with E-state index in [0.717, 1.165) is 26.0 Å². The smallest absolute Gasteiger partial charge is 0.224 e. The van der Waals surface area contributed by atoms with E-state index < -0.39 is 0 Å². The molecule has 0 bridgehead atoms. The number of amides is 1. The Kier molecular flexibility index (Phi) is 7.16. The lowest BCUT2D eigenvalue weighted by Gasteiger charge is -2.24. The molecule has 0 spiro atoms. The molecule has 5 heteroatoms. The van der Waals surface area contributed by atoms with Gasteiger partial charge in [-0.25, -0.2) is 0 Å². The zero-order chi connectivity index (χ0) is 12.5. The maximum absolute atomic E-state index is 11.9. The standard InChI is InChI=1S/C12H24N2O3/c1-2-14(10-11-4-3-7-17-11)12(15)5-8-16-9-6-13/h11H,2-10,13H2,1H3. The fraction of sp³-hybridized carbons (Fsp3) is 0.917. The molecule has 1 amide bonds. The van der Waals surface area contributed by atoms with Crippen molar-refractivity contribution in [3.63, 3.8) is 0 Å². The molecule has 0 radical (unpaired) electrons. The maximum Gasteiger partial charge on any atom is 0.224 e. The van der Waals surface area contributed by atoms with Crippen LogP contribution in [0.1, 0.15) is 26.2 Å². The Labute approximate surface area is 103 Å². The van der Waals surface area contributed by atoms with E-state index in [1.54, 1.807) is 0 Å². The third-order valence-corrected chi connectivity index (χ3v) is 2.90. The number of carbonyl (C=O) groups is 1. The first-order valence-corrected chi connectivity index (χ1v) is 6.45. The molecular weight excluding hydrogens is 220 g/mol. The molecule has 100 valence electrons. The third-order valence-electron chi connectivity index (χ3n) is 2.90. The Morgan fingerprint density at radius 1 is 1.53 bits per heavy atom. The molecule has 5 nitrogen and oxygen atoms in total. The van der Waals surface area contributed by atoms with Crippen LogP contribution in [0.15, 0.2) is 0 Å². The van der Waals surface area contributed by atoms with E-state index in [1.807, 2.05) is 11.8 Å². The summed E-state index contributed by atoms with van der Waals surface area (Å²) in [6.45, 7) is 5.75. The summed E-state index contributed by atoms with van der Waals surface area (Å²) in [7, 11) is 0. The summed E-state index contributed by atoms with van der Waals surface area (Å²) in [5.41, 5.74) is 5.30. The van der Waals surface area contributed by atoms with Gasteiger partial charge in [0.1, 0.15) is 0 Å². The van der Waals surface area contributed by atoms with Gasteiger partial charge in [-0.05, 0) is 19.8 Å². The number of hydrogen-bond acceptors (Lipinski definition) is 4. The van der Waals surface area contributed by atoms with E-state index in [1.165, 1.54) is 0 Å². The summed E-state index contributed by atoms with van der Waals surface area (Å²) < 4.78 is 10.8. The molecule has 1 unspecified atom stereocenters. The van der Waals surface area contributed by atoms with Crippen LogP contribution in [0.4, 0.5) is 0 Å². The minimum Gasteiger partial charge on any atom is -0.380 e. The van der Waals surface area contributed by atoms with Gasteiger partial charge in [-0.1, -0.05) is 0 Å². The minimum atomic E-state index is 0.139. The van der Waals surface area contributed by atoms with Gasteiger partial charge in [-0.3, -0.25) is 4.79 Å². The zero-order valence-corrected chi connectivity index (χ0v) is 10.7. The molecule has 1 aliphatic rings. The second kappa shape index (κ2) is 8.44. The van der Waals surface area contributed by atoms with E-state index in [-0.39, 0.29) is 12.0 Å². The molecule has 17 heavy (non-hydrogen) atoms. The molecule has 1 fully saturated rings. The van der Waals surface area contributed by atoms with Gasteiger partial charge in [0.15, 0.2) is 0 Å². The van der Waals surface area contributed by atoms with Crippen molar-refractivity contribution in [2.75, 3.05) is 39.5 Å². The van der Waals surface area contributed by atoms with Crippen molar-refractivity contribution in [2.24, 2.45) is 5.73 Å². The van der Waals surface area contributed by atoms with E-state index in [4.69, 9.17) is 15.2 Å². The monoisotopic (exact) mass is 244 g/mol. The second-order valence-electron chi connectivity index (χ2n) is 4.22. The maximum atomic E-state index is 11.9. The van der Waals surface area contributed by atoms with Gasteiger partial charge in [-0.15, -0.1) is 0 Å². The van der Waals surface area contributed by atoms with Gasteiger partial charge < -0.3 is 20.1 Å². The lowest BCUT2D eigenvalue weighted by Crippen LogP contribution is -2.37. The highest BCUT2D eigenvalue weighted by atomic mass is 16.5. The highest BCUT2D eigenvalue weighted by Crippen LogP contribution is 2.13. The molecule has 1 aliphatic heterocycles. The Morgan fingerprint density at radius 2 is 2.35 bits per heavy atom. The summed E-state index contributed by atoms with van der Waals surface area (Å²) in [6, 6.07) is 0. The largest absolute Gasteiger partial charge is 0.380 e. The van der Waals surface area contributed by atoms with Crippen molar-refractivity contribution in [1.82, 2.24) is 4.90 Å². The predicted octanol–water partition coefficient (Wildman–Crippen LogP) is 0.379. The number of hydrogen-bond donors (Lipinski definition) is 1. The summed E-state index contributed by atoms with van der Waals surface area (Å²) in [5.74, 6) is 0.139. The number of rotatable bonds is 8. The Balaban J connectivity index is 2.20. The average Bonchev–Trinajstić information content (AvgIpc) is 2.84. The highest BCUT2D eigenvalue weighted by Gasteiger charge is 2.21. The Bertz CT molecular complexity index is 218. The van der Waals surface area contributed by atoms with E-state index in [0.29, 0.717) is 32.7 Å². The summed E-state index contributed by atoms with van der Waals surface area (Å²) in [4.78, 5) is 13.7. The van der Waals surface area contributed by atoms with Crippen molar-refractivity contribution in [1.29, 1.82) is 0 Å². The van der Waals surface area contributed by atoms with Crippen LogP contribution in [0.3, 0.4) is 0 Å². The quantitative estimate of drug-likeness (QED) is 0.627. The van der Waals surface area contributed by atoms with E-state index in [2.05, 4.69) is 0 Å². The summed E-state index contributed by atoms with van der Waals surface area (Å²) in [5, 5.41) is 0. The molecule has 1 rings (SSSR count). The van der Waals surface area contributed by atoms with Crippen LogP contribution in [0, 0.1) is 0 Å². The highest BCUT2D eigenvalue weighted by molar-refractivity contribution is 5.76. The topological polar surface area (TPSA) is 64.8 Å². The molecule has 1 heterocycles. The Morgan fingerprint density at radius 3 is 2.94 bits per heavy atom. The number of ether oxygens (including phenoxy) is 2. The van der Waals surface area contributed by atoms with Crippen LogP contribution in [-0.2, 0) is 14.3 Å². The van der Waals surface area contributed by atoms with Crippen molar-refractivity contribution in [3.05, 3.63) is 0 Å². The number of likely N-dealkylation sites (N-methyl/N-ethyl adjacent to an activating group) is 1. The van der Waals surface area contributed by atoms with Gasteiger partial charge in [0.05, 0.1) is 25.7 Å². The van der Waals surface area contributed by atoms with Gasteiger partial charge in [0.2, 0.25) is 5.91 Å². The predicted molar refractivity (Wildman–Crippen MR) is 65.7 cm³/mol. The second-order valence-corrected chi connectivity index (χ2v) is 4.22. The van der Waals surface area contributed by atoms with Gasteiger partial charge in [0, 0.05) is 26.2 Å². The third kappa shape index (κ3) is 5.48. The fourth-order valence-electron chi connectivity index (χ4n) is 1.94. The molecule has 0 aliphatic carbocycles. The summed E-state index contributed by atoms with van der Waals surface area (Å²) >= 11 is 0. The number of carbonyl (C=O) groups excluding carboxylic acids is 1. The molecule has 2 N–H and O–H groups in total. The normalized spacial score (nSPS) is 19.5. The minimum absolute atomic E-state index is 0.139. The van der Waals surface area contributed by atoms with Gasteiger partial charge in [0.25, 0.3) is 0 Å². The molecule has 0 saturated carbocycles. The van der Waals surface area contributed by atoms with Crippen molar-refractivity contribution in [2.45, 2.75) is 32.3 Å². The number of nitrogens with two attached hydrogens (primary N) is 1. The molecule has 1 saturated heterocycles. The van der Waals surface area contributed by atoms with Crippen molar-refractivity contribution < 1.29 is 14.3 Å². The molecule has 0 aromatic rings. The molecule has 0 aromatic carbocycles. The van der Waals surface area contributed by atoms with Crippen LogP contribution in [0.25, 0.3) is 0 Å². The van der Waals surface area contributed by atoms with E-state index >= 15 is 0 Å². The van der Waals surface area contributed by atoms with Crippen LogP contribution in [-0.4, -0.2) is 56.4 Å². The van der Waals surface area contributed by atoms with Gasteiger partial charge >= 0.3 is 0 Å². The zero-order valence-electron chi connectivity index (χ0n) is 10.7. The van der Waals surface area contributed by atoms with Gasteiger partial charge in [-0.2, -0.15) is 0 Å². The van der Waals surface area contributed by atoms with Crippen LogP contribution in [0.2, 0.25) is 0 Å². The SMILES string of the molecule is CCN(CC1CCCO1)C(=O)CCOCCN. The molecule has 1 atom stereocenters. The molecule has 0 aromatic heterocycles. The van der Waals surface area contributed by atoms with Crippen molar-refractivity contribution >= 4 is 5.91 Å². The fourth-order valence-corrected chi connectivity index (χ4v) is 1.94. The number of nitrogens with zero attached hydrogens (tertiary/aromatic N) is 1. The van der Waals surface area contributed by atoms with Crippen LogP contribution in [0.5, 0.6) is 0 Å². The van der Waals surface area contributed by atoms with E-state index in [9.17, 15) is 4.79 Å². The molecular formula is C12H24N2O3. The first-order chi connectivity index (χ1) is 8.27. The first kappa shape index (κ1) is 14.4. The van der Waals surface area contributed by atoms with Crippen molar-refractivity contribution in [3.8, 4) is 0 Å². The van der Waals surface area contributed by atoms with Crippen LogP contribution >= 0.6 is 0 Å². The average molecular weight is 244 g/mol. The lowest BCUT2D eigenvalue weighted by molar-refractivity contribution is -0.133. The van der Waals surface area contributed by atoms with Crippen LogP contribution < -0.4 is 5.73 Å². The lowest BCUT2D eigenvalue weighted by atomic mass is 10.2. The summed E-state index contributed by atoms with van der Waals surface area (Å²) in [6.07, 6.45) is 2.83. The Hall–Kier alpha value is -0.650.